The highest BCUT2D eigenvalue weighted by atomic mass is 35.5. The number of ether oxygens (including phenoxy) is 1. The first-order valence-corrected chi connectivity index (χ1v) is 9.21. The molecule has 31 heavy (non-hydrogen) atoms. The molecular weight excluding hydrogens is 439 g/mol. The van der Waals surface area contributed by atoms with Gasteiger partial charge in [0.25, 0.3) is 11.5 Å². The molecule has 0 bridgehead atoms. The molecule has 1 aromatic heterocycles. The number of benzene rings is 1. The van der Waals surface area contributed by atoms with Gasteiger partial charge in [0.2, 0.25) is 5.75 Å². The molecule has 2 aromatic rings. The smallest absolute Gasteiger partial charge is 0.437 e. The molecule has 1 aromatic carbocycles. The second kappa shape index (κ2) is 8.69. The van der Waals surface area contributed by atoms with Crippen molar-refractivity contribution in [2.75, 3.05) is 0 Å². The van der Waals surface area contributed by atoms with Gasteiger partial charge in [-0.15, -0.1) is 0 Å². The fourth-order valence-corrected chi connectivity index (χ4v) is 2.91. The summed E-state index contributed by atoms with van der Waals surface area (Å²) in [4.78, 5) is 36.0. The van der Waals surface area contributed by atoms with E-state index in [1.54, 1.807) is 13.0 Å². The second-order valence-electron chi connectivity index (χ2n) is 6.37. The Morgan fingerprint density at radius 2 is 2.03 bits per heavy atom. The van der Waals surface area contributed by atoms with Crippen LogP contribution in [0.15, 0.2) is 39.3 Å². The maximum atomic E-state index is 13.4. The standard InChI is InChI=1S/C19H13ClF3N5O3/c1-2-14-25-7-11(17(29)27-14)8-28-9-26-16(19(21,22)23)15(18(28)30)31-13-4-10(6-24)3-12(20)5-13/h3-5,7,9,11H,2,8H2,1H3. The number of nitrogens with zero attached hydrogens (tertiary/aromatic N) is 5. The Bertz CT molecular complexity index is 1200. The van der Waals surface area contributed by atoms with Crippen LogP contribution in [-0.4, -0.2) is 27.5 Å². The van der Waals surface area contributed by atoms with E-state index >= 15 is 0 Å². The molecule has 0 saturated heterocycles. The van der Waals surface area contributed by atoms with Gasteiger partial charge in [0, 0.05) is 24.2 Å². The van der Waals surface area contributed by atoms with Crippen LogP contribution in [0, 0.1) is 17.2 Å². The highest BCUT2D eigenvalue weighted by Gasteiger charge is 2.39. The van der Waals surface area contributed by atoms with E-state index in [2.05, 4.69) is 15.0 Å². The molecule has 0 N–H and O–H groups in total. The van der Waals surface area contributed by atoms with Gasteiger partial charge in [-0.2, -0.15) is 23.4 Å². The lowest BCUT2D eigenvalue weighted by Crippen LogP contribution is -2.32. The minimum absolute atomic E-state index is 0.0221. The summed E-state index contributed by atoms with van der Waals surface area (Å²) in [6.45, 7) is 1.42. The van der Waals surface area contributed by atoms with E-state index < -0.39 is 35.0 Å². The van der Waals surface area contributed by atoms with Crippen molar-refractivity contribution in [1.29, 1.82) is 5.26 Å². The van der Waals surface area contributed by atoms with Crippen LogP contribution in [-0.2, 0) is 17.5 Å². The number of rotatable bonds is 5. The van der Waals surface area contributed by atoms with E-state index in [9.17, 15) is 22.8 Å². The van der Waals surface area contributed by atoms with Crippen molar-refractivity contribution in [2.45, 2.75) is 26.1 Å². The van der Waals surface area contributed by atoms with Gasteiger partial charge >= 0.3 is 6.18 Å². The zero-order valence-electron chi connectivity index (χ0n) is 15.9. The number of hydrogen-bond acceptors (Lipinski definition) is 6. The van der Waals surface area contributed by atoms with Crippen LogP contribution in [0.5, 0.6) is 11.5 Å². The van der Waals surface area contributed by atoms with Crippen LogP contribution in [0.1, 0.15) is 24.6 Å². The molecule has 3 rings (SSSR count). The molecule has 1 amide bonds. The van der Waals surface area contributed by atoms with Crippen molar-refractivity contribution in [3.8, 4) is 17.6 Å². The Kier molecular flexibility index (Phi) is 6.21. The second-order valence-corrected chi connectivity index (χ2v) is 6.81. The fourth-order valence-electron chi connectivity index (χ4n) is 2.68. The highest BCUT2D eigenvalue weighted by molar-refractivity contribution is 6.30. The third kappa shape index (κ3) is 4.97. The Labute approximate surface area is 178 Å². The molecule has 0 saturated carbocycles. The van der Waals surface area contributed by atoms with E-state index in [0.29, 0.717) is 18.6 Å². The molecular formula is C19H13ClF3N5O3. The Hall–Kier alpha value is -3.52. The summed E-state index contributed by atoms with van der Waals surface area (Å²) in [6.07, 6.45) is -2.60. The topological polar surface area (TPSA) is 110 Å². The van der Waals surface area contributed by atoms with Gasteiger partial charge in [0.05, 0.1) is 23.9 Å². The molecule has 160 valence electrons. The zero-order chi connectivity index (χ0) is 22.8. The molecule has 8 nitrogen and oxygen atoms in total. The number of amides is 1. The quantitative estimate of drug-likeness (QED) is 0.689. The summed E-state index contributed by atoms with van der Waals surface area (Å²) < 4.78 is 46.3. The van der Waals surface area contributed by atoms with E-state index in [1.165, 1.54) is 12.3 Å². The third-order valence-corrected chi connectivity index (χ3v) is 4.37. The van der Waals surface area contributed by atoms with Gasteiger partial charge in [-0.1, -0.05) is 18.5 Å². The largest absolute Gasteiger partial charge is 0.449 e. The molecule has 2 heterocycles. The lowest BCUT2D eigenvalue weighted by molar-refractivity contribution is -0.142. The number of nitriles is 1. The molecule has 0 radical (unpaired) electrons. The lowest BCUT2D eigenvalue weighted by atomic mass is 10.1. The Morgan fingerprint density at radius 1 is 1.29 bits per heavy atom. The maximum Gasteiger partial charge on any atom is 0.437 e. The van der Waals surface area contributed by atoms with Crippen LogP contribution in [0.2, 0.25) is 5.02 Å². The van der Waals surface area contributed by atoms with Crippen LogP contribution < -0.4 is 10.3 Å². The first-order valence-electron chi connectivity index (χ1n) is 8.83. The number of halogens is 4. The monoisotopic (exact) mass is 451 g/mol. The first-order chi connectivity index (χ1) is 14.6. The first kappa shape index (κ1) is 22.2. The van der Waals surface area contributed by atoms with E-state index in [0.717, 1.165) is 16.7 Å². The summed E-state index contributed by atoms with van der Waals surface area (Å²) in [5.74, 6) is -2.57. The number of aliphatic imine (C=N–C) groups is 2. The highest BCUT2D eigenvalue weighted by Crippen LogP contribution is 2.35. The minimum atomic E-state index is -4.99. The van der Waals surface area contributed by atoms with Gasteiger partial charge in [-0.3, -0.25) is 14.2 Å². The molecule has 1 aliphatic heterocycles. The molecule has 1 atom stereocenters. The van der Waals surface area contributed by atoms with Crippen molar-refractivity contribution in [3.05, 3.63) is 51.2 Å². The number of carbonyl (C=O) groups excluding carboxylic acids is 1. The summed E-state index contributed by atoms with van der Waals surface area (Å²) in [7, 11) is 0. The maximum absolute atomic E-state index is 13.4. The SMILES string of the molecule is CCC1=NC(=O)C(Cn2cnc(C(F)(F)F)c(Oc3cc(Cl)cc(C#N)c3)c2=O)C=N1. The number of aromatic nitrogens is 2. The normalized spacial score (nSPS) is 16.1. The van der Waals surface area contributed by atoms with E-state index in [-0.39, 0.29) is 22.9 Å². The summed E-state index contributed by atoms with van der Waals surface area (Å²) in [5, 5.41) is 9.03. The summed E-state index contributed by atoms with van der Waals surface area (Å²) in [5.41, 5.74) is -2.71. The van der Waals surface area contributed by atoms with Gasteiger partial charge in [0.15, 0.2) is 5.69 Å². The van der Waals surface area contributed by atoms with Gasteiger partial charge < -0.3 is 4.74 Å². The van der Waals surface area contributed by atoms with Crippen molar-refractivity contribution in [3.63, 3.8) is 0 Å². The summed E-state index contributed by atoms with van der Waals surface area (Å²) >= 11 is 5.85. The van der Waals surface area contributed by atoms with E-state index in [4.69, 9.17) is 21.6 Å². The minimum Gasteiger partial charge on any atom is -0.449 e. The summed E-state index contributed by atoms with van der Waals surface area (Å²) in [6, 6.07) is 5.34. The van der Waals surface area contributed by atoms with E-state index in [1.807, 2.05) is 0 Å². The number of hydrogen-bond donors (Lipinski definition) is 0. The van der Waals surface area contributed by atoms with Crippen molar-refractivity contribution in [2.24, 2.45) is 15.9 Å². The number of amidine groups is 1. The van der Waals surface area contributed by atoms with Crippen LogP contribution in [0.3, 0.4) is 0 Å². The van der Waals surface area contributed by atoms with Gasteiger partial charge in [0.1, 0.15) is 11.6 Å². The Morgan fingerprint density at radius 3 is 2.65 bits per heavy atom. The molecule has 0 aliphatic carbocycles. The molecule has 1 aliphatic rings. The van der Waals surface area contributed by atoms with Crippen LogP contribution in [0.25, 0.3) is 0 Å². The van der Waals surface area contributed by atoms with Gasteiger partial charge in [-0.25, -0.2) is 9.98 Å². The van der Waals surface area contributed by atoms with Crippen molar-refractivity contribution >= 4 is 29.6 Å². The Balaban J connectivity index is 2.02. The van der Waals surface area contributed by atoms with Crippen molar-refractivity contribution < 1.29 is 22.7 Å². The molecule has 1 unspecified atom stereocenters. The van der Waals surface area contributed by atoms with Crippen LogP contribution in [0.4, 0.5) is 13.2 Å². The predicted molar refractivity (Wildman–Crippen MR) is 104 cm³/mol. The molecule has 12 heteroatoms. The van der Waals surface area contributed by atoms with Crippen LogP contribution >= 0.6 is 11.6 Å². The van der Waals surface area contributed by atoms with Crippen molar-refractivity contribution in [1.82, 2.24) is 9.55 Å². The number of carbonyl (C=O) groups is 1. The predicted octanol–water partition coefficient (Wildman–Crippen LogP) is 3.62. The number of alkyl halides is 3. The third-order valence-electron chi connectivity index (χ3n) is 4.15. The lowest BCUT2D eigenvalue weighted by Gasteiger charge is -2.17. The fraction of sp³-hybridized carbons (Fsp3) is 0.263. The average Bonchev–Trinajstić information content (AvgIpc) is 2.70. The molecule has 0 spiro atoms. The molecule has 0 fully saturated rings. The average molecular weight is 452 g/mol. The zero-order valence-corrected chi connectivity index (χ0v) is 16.6. The van der Waals surface area contributed by atoms with Gasteiger partial charge in [-0.05, 0) is 18.2 Å².